The van der Waals surface area contributed by atoms with Crippen molar-refractivity contribution in [3.05, 3.63) is 28.8 Å². The van der Waals surface area contributed by atoms with Crippen LogP contribution in [0.1, 0.15) is 23.1 Å². The molecular formula is C13H18O3. The van der Waals surface area contributed by atoms with Crippen LogP contribution in [0.2, 0.25) is 0 Å². The molecule has 0 amide bonds. The molecule has 1 aromatic rings. The van der Waals surface area contributed by atoms with Crippen LogP contribution in [0.15, 0.2) is 12.1 Å². The summed E-state index contributed by atoms with van der Waals surface area (Å²) in [5, 5.41) is 0. The second kappa shape index (κ2) is 5.54. The summed E-state index contributed by atoms with van der Waals surface area (Å²) in [4.78, 5) is 11.1. The van der Waals surface area contributed by atoms with Crippen molar-refractivity contribution in [2.75, 3.05) is 14.2 Å². The van der Waals surface area contributed by atoms with E-state index in [2.05, 4.69) is 16.9 Å². The van der Waals surface area contributed by atoms with Gasteiger partial charge in [0, 0.05) is 6.42 Å². The van der Waals surface area contributed by atoms with E-state index in [-0.39, 0.29) is 5.97 Å². The van der Waals surface area contributed by atoms with Gasteiger partial charge in [0.25, 0.3) is 0 Å². The van der Waals surface area contributed by atoms with Crippen LogP contribution < -0.4 is 4.74 Å². The Kier molecular flexibility index (Phi) is 4.35. The van der Waals surface area contributed by atoms with Crippen molar-refractivity contribution in [2.45, 2.75) is 26.7 Å². The van der Waals surface area contributed by atoms with E-state index in [0.29, 0.717) is 12.8 Å². The molecule has 0 atom stereocenters. The molecule has 0 aliphatic rings. The monoisotopic (exact) mass is 222 g/mol. The lowest BCUT2D eigenvalue weighted by atomic mass is 10.0. The highest BCUT2D eigenvalue weighted by Gasteiger charge is 2.09. The Morgan fingerprint density at radius 1 is 1.25 bits per heavy atom. The van der Waals surface area contributed by atoms with Gasteiger partial charge in [0.05, 0.1) is 14.2 Å². The SMILES string of the molecule is COC(=O)CCc1cc(C)cc(C)c1OC. The lowest BCUT2D eigenvalue weighted by Gasteiger charge is -2.12. The van der Waals surface area contributed by atoms with Crippen molar-refractivity contribution in [1.82, 2.24) is 0 Å². The smallest absolute Gasteiger partial charge is 0.305 e. The number of hydrogen-bond acceptors (Lipinski definition) is 3. The van der Waals surface area contributed by atoms with Gasteiger partial charge in [-0.25, -0.2) is 0 Å². The lowest BCUT2D eigenvalue weighted by Crippen LogP contribution is -2.04. The number of benzene rings is 1. The first-order valence-electron chi connectivity index (χ1n) is 5.29. The highest BCUT2D eigenvalue weighted by molar-refractivity contribution is 5.69. The summed E-state index contributed by atoms with van der Waals surface area (Å²) in [6, 6.07) is 4.12. The van der Waals surface area contributed by atoms with E-state index in [0.717, 1.165) is 16.9 Å². The largest absolute Gasteiger partial charge is 0.496 e. The minimum atomic E-state index is -0.193. The molecule has 0 fully saturated rings. The van der Waals surface area contributed by atoms with Gasteiger partial charge in [0.15, 0.2) is 0 Å². The Hall–Kier alpha value is -1.51. The van der Waals surface area contributed by atoms with Crippen LogP contribution in [-0.4, -0.2) is 20.2 Å². The van der Waals surface area contributed by atoms with Gasteiger partial charge in [0.2, 0.25) is 0 Å². The average molecular weight is 222 g/mol. The van der Waals surface area contributed by atoms with Crippen molar-refractivity contribution in [2.24, 2.45) is 0 Å². The minimum Gasteiger partial charge on any atom is -0.496 e. The maximum Gasteiger partial charge on any atom is 0.305 e. The molecule has 1 rings (SSSR count). The fraction of sp³-hybridized carbons (Fsp3) is 0.462. The molecule has 0 aromatic heterocycles. The zero-order valence-corrected chi connectivity index (χ0v) is 10.3. The second-order valence-corrected chi connectivity index (χ2v) is 3.85. The van der Waals surface area contributed by atoms with Crippen LogP contribution in [-0.2, 0) is 16.0 Å². The summed E-state index contributed by atoms with van der Waals surface area (Å²) in [5.41, 5.74) is 3.34. The summed E-state index contributed by atoms with van der Waals surface area (Å²) in [7, 11) is 3.06. The maximum absolute atomic E-state index is 11.1. The summed E-state index contributed by atoms with van der Waals surface area (Å²) >= 11 is 0. The van der Waals surface area contributed by atoms with Crippen LogP contribution in [0, 0.1) is 13.8 Å². The van der Waals surface area contributed by atoms with Gasteiger partial charge in [-0.3, -0.25) is 4.79 Å². The third-order valence-corrected chi connectivity index (χ3v) is 2.53. The van der Waals surface area contributed by atoms with Gasteiger partial charge in [-0.2, -0.15) is 0 Å². The van der Waals surface area contributed by atoms with E-state index in [1.807, 2.05) is 13.8 Å². The Bertz CT molecular complexity index is 383. The molecule has 0 saturated heterocycles. The molecule has 0 N–H and O–H groups in total. The lowest BCUT2D eigenvalue weighted by molar-refractivity contribution is -0.140. The molecule has 0 radical (unpaired) electrons. The number of methoxy groups -OCH3 is 2. The summed E-state index contributed by atoms with van der Waals surface area (Å²) < 4.78 is 9.97. The Balaban J connectivity index is 2.89. The van der Waals surface area contributed by atoms with E-state index < -0.39 is 0 Å². The molecular weight excluding hydrogens is 204 g/mol. The Morgan fingerprint density at radius 3 is 2.50 bits per heavy atom. The molecule has 0 bridgehead atoms. The second-order valence-electron chi connectivity index (χ2n) is 3.85. The molecule has 1 aromatic carbocycles. The minimum absolute atomic E-state index is 0.193. The Labute approximate surface area is 96.4 Å². The summed E-state index contributed by atoms with van der Waals surface area (Å²) in [6.07, 6.45) is 1.04. The predicted octanol–water partition coefficient (Wildman–Crippen LogP) is 2.42. The van der Waals surface area contributed by atoms with Gasteiger partial charge in [0.1, 0.15) is 5.75 Å². The van der Waals surface area contributed by atoms with Crippen molar-refractivity contribution in [3.63, 3.8) is 0 Å². The zero-order chi connectivity index (χ0) is 12.1. The molecule has 0 unspecified atom stereocenters. The standard InChI is InChI=1S/C13H18O3/c1-9-7-10(2)13(16-4)11(8-9)5-6-12(14)15-3/h7-8H,5-6H2,1-4H3. The molecule has 3 heteroatoms. The summed E-state index contributed by atoms with van der Waals surface area (Å²) in [6.45, 7) is 4.04. The van der Waals surface area contributed by atoms with Crippen LogP contribution in [0.25, 0.3) is 0 Å². The summed E-state index contributed by atoms with van der Waals surface area (Å²) in [5.74, 6) is 0.677. The van der Waals surface area contributed by atoms with E-state index >= 15 is 0 Å². The number of rotatable bonds is 4. The molecule has 0 heterocycles. The molecule has 0 aliphatic heterocycles. The first kappa shape index (κ1) is 12.6. The van der Waals surface area contributed by atoms with E-state index in [4.69, 9.17) is 4.74 Å². The van der Waals surface area contributed by atoms with Gasteiger partial charge in [-0.15, -0.1) is 0 Å². The molecule has 88 valence electrons. The normalized spacial score (nSPS) is 10.0. The number of carbonyl (C=O) groups is 1. The third-order valence-electron chi connectivity index (χ3n) is 2.53. The van der Waals surface area contributed by atoms with E-state index in [1.54, 1.807) is 7.11 Å². The van der Waals surface area contributed by atoms with Crippen LogP contribution in [0.5, 0.6) is 5.75 Å². The predicted molar refractivity (Wildman–Crippen MR) is 62.8 cm³/mol. The topological polar surface area (TPSA) is 35.5 Å². The highest BCUT2D eigenvalue weighted by Crippen LogP contribution is 2.26. The number of hydrogen-bond donors (Lipinski definition) is 0. The van der Waals surface area contributed by atoms with Gasteiger partial charge in [-0.05, 0) is 31.4 Å². The van der Waals surface area contributed by atoms with Crippen LogP contribution in [0.3, 0.4) is 0 Å². The number of carbonyl (C=O) groups excluding carboxylic acids is 1. The van der Waals surface area contributed by atoms with E-state index in [9.17, 15) is 4.79 Å². The van der Waals surface area contributed by atoms with Crippen molar-refractivity contribution < 1.29 is 14.3 Å². The van der Waals surface area contributed by atoms with Gasteiger partial charge in [-0.1, -0.05) is 17.7 Å². The molecule has 0 aliphatic carbocycles. The Morgan fingerprint density at radius 2 is 1.94 bits per heavy atom. The highest BCUT2D eigenvalue weighted by atomic mass is 16.5. The van der Waals surface area contributed by atoms with Crippen LogP contribution >= 0.6 is 0 Å². The molecule has 0 spiro atoms. The molecule has 0 saturated carbocycles. The molecule has 3 nitrogen and oxygen atoms in total. The van der Waals surface area contributed by atoms with E-state index in [1.165, 1.54) is 12.7 Å². The third kappa shape index (κ3) is 2.99. The maximum atomic E-state index is 11.1. The molecule has 16 heavy (non-hydrogen) atoms. The first-order valence-corrected chi connectivity index (χ1v) is 5.29. The van der Waals surface area contributed by atoms with Gasteiger partial charge < -0.3 is 9.47 Å². The fourth-order valence-electron chi connectivity index (χ4n) is 1.86. The first-order chi connectivity index (χ1) is 7.58. The average Bonchev–Trinajstić information content (AvgIpc) is 2.25. The van der Waals surface area contributed by atoms with Gasteiger partial charge >= 0.3 is 5.97 Å². The van der Waals surface area contributed by atoms with Crippen LogP contribution in [0.4, 0.5) is 0 Å². The van der Waals surface area contributed by atoms with Crippen molar-refractivity contribution >= 4 is 5.97 Å². The zero-order valence-electron chi connectivity index (χ0n) is 10.3. The number of ether oxygens (including phenoxy) is 2. The fourth-order valence-corrected chi connectivity index (χ4v) is 1.86. The quantitative estimate of drug-likeness (QED) is 0.734. The number of esters is 1. The number of aryl methyl sites for hydroxylation is 3. The van der Waals surface area contributed by atoms with Crippen molar-refractivity contribution in [3.8, 4) is 5.75 Å². The van der Waals surface area contributed by atoms with Crippen molar-refractivity contribution in [1.29, 1.82) is 0 Å².